The smallest absolute Gasteiger partial charge is 0.262 e. The zero-order chi connectivity index (χ0) is 12.6. The van der Waals surface area contributed by atoms with Crippen molar-refractivity contribution in [1.82, 2.24) is 13.9 Å². The van der Waals surface area contributed by atoms with E-state index in [4.69, 9.17) is 16.7 Å². The van der Waals surface area contributed by atoms with Crippen molar-refractivity contribution in [3.8, 4) is 0 Å². The van der Waals surface area contributed by atoms with E-state index < -0.39 is 10.0 Å². The van der Waals surface area contributed by atoms with Gasteiger partial charge < -0.3 is 9.67 Å². The number of aliphatic hydroxyl groups is 1. The average Bonchev–Trinajstić information content (AvgIpc) is 2.86. The Morgan fingerprint density at radius 2 is 2.35 bits per heavy atom. The van der Waals surface area contributed by atoms with Gasteiger partial charge in [-0.15, -0.1) is 0 Å². The SMILES string of the molecule is Cn1cc(S(=O)(=O)N2CCC[C@@H]2CO)nc1Cl. The van der Waals surface area contributed by atoms with Gasteiger partial charge in [0.25, 0.3) is 10.0 Å². The Kier molecular flexibility index (Phi) is 3.44. The first-order chi connectivity index (χ1) is 7.96. The maximum absolute atomic E-state index is 12.2. The maximum Gasteiger partial charge on any atom is 0.262 e. The van der Waals surface area contributed by atoms with E-state index in [1.807, 2.05) is 0 Å². The molecular formula is C9H14ClN3O3S. The molecule has 0 unspecified atom stereocenters. The summed E-state index contributed by atoms with van der Waals surface area (Å²) in [5.74, 6) is 0. The van der Waals surface area contributed by atoms with E-state index in [1.54, 1.807) is 7.05 Å². The largest absolute Gasteiger partial charge is 0.395 e. The highest BCUT2D eigenvalue weighted by Crippen LogP contribution is 2.25. The highest BCUT2D eigenvalue weighted by molar-refractivity contribution is 7.89. The third-order valence-corrected chi connectivity index (χ3v) is 5.08. The molecule has 2 rings (SSSR count). The summed E-state index contributed by atoms with van der Waals surface area (Å²) in [4.78, 5) is 3.81. The van der Waals surface area contributed by atoms with Crippen molar-refractivity contribution in [2.24, 2.45) is 7.05 Å². The zero-order valence-electron chi connectivity index (χ0n) is 9.37. The summed E-state index contributed by atoms with van der Waals surface area (Å²) >= 11 is 5.73. The van der Waals surface area contributed by atoms with Gasteiger partial charge in [0.1, 0.15) is 0 Å². The molecule has 1 aromatic heterocycles. The molecule has 1 aromatic rings. The first-order valence-electron chi connectivity index (χ1n) is 5.28. The minimum Gasteiger partial charge on any atom is -0.395 e. The molecule has 0 saturated carbocycles. The van der Waals surface area contributed by atoms with Gasteiger partial charge in [-0.1, -0.05) is 0 Å². The van der Waals surface area contributed by atoms with Crippen LogP contribution in [0, 0.1) is 0 Å². The number of aliphatic hydroxyl groups excluding tert-OH is 1. The fourth-order valence-electron chi connectivity index (χ4n) is 1.97. The van der Waals surface area contributed by atoms with E-state index >= 15 is 0 Å². The van der Waals surface area contributed by atoms with Crippen LogP contribution in [-0.4, -0.2) is 46.6 Å². The number of sulfonamides is 1. The molecule has 0 bridgehead atoms. The predicted molar refractivity (Wildman–Crippen MR) is 62.2 cm³/mol. The summed E-state index contributed by atoms with van der Waals surface area (Å²) in [6.07, 6.45) is 2.81. The summed E-state index contributed by atoms with van der Waals surface area (Å²) in [5, 5.41) is 9.21. The lowest BCUT2D eigenvalue weighted by atomic mass is 10.2. The third-order valence-electron chi connectivity index (χ3n) is 2.90. The molecule has 6 nitrogen and oxygen atoms in total. The molecule has 0 spiro atoms. The van der Waals surface area contributed by atoms with Crippen LogP contribution in [-0.2, 0) is 17.1 Å². The second kappa shape index (κ2) is 4.56. The number of hydrogen-bond donors (Lipinski definition) is 1. The minimum atomic E-state index is -3.64. The van der Waals surface area contributed by atoms with Crippen molar-refractivity contribution in [2.45, 2.75) is 23.9 Å². The monoisotopic (exact) mass is 279 g/mol. The molecule has 0 amide bonds. The molecular weight excluding hydrogens is 266 g/mol. The fourth-order valence-corrected chi connectivity index (χ4v) is 3.83. The average molecular weight is 280 g/mol. The number of imidazole rings is 1. The van der Waals surface area contributed by atoms with Crippen molar-refractivity contribution < 1.29 is 13.5 Å². The van der Waals surface area contributed by atoms with Crippen LogP contribution in [0.5, 0.6) is 0 Å². The highest BCUT2D eigenvalue weighted by atomic mass is 35.5. The lowest BCUT2D eigenvalue weighted by Gasteiger charge is -2.20. The molecule has 1 fully saturated rings. The maximum atomic E-state index is 12.2. The van der Waals surface area contributed by atoms with Gasteiger partial charge in [0.15, 0.2) is 5.03 Å². The molecule has 0 aromatic carbocycles. The summed E-state index contributed by atoms with van der Waals surface area (Å²) < 4.78 is 27.2. The number of halogens is 1. The Morgan fingerprint density at radius 3 is 2.88 bits per heavy atom. The van der Waals surface area contributed by atoms with Gasteiger partial charge >= 0.3 is 0 Å². The fraction of sp³-hybridized carbons (Fsp3) is 0.667. The lowest BCUT2D eigenvalue weighted by Crippen LogP contribution is -2.37. The first kappa shape index (κ1) is 12.8. The van der Waals surface area contributed by atoms with E-state index in [2.05, 4.69) is 4.98 Å². The quantitative estimate of drug-likeness (QED) is 0.859. The van der Waals surface area contributed by atoms with Gasteiger partial charge in [0, 0.05) is 25.8 Å². The van der Waals surface area contributed by atoms with Crippen molar-refractivity contribution in [3.05, 3.63) is 11.5 Å². The topological polar surface area (TPSA) is 75.4 Å². The van der Waals surface area contributed by atoms with E-state index in [9.17, 15) is 8.42 Å². The Balaban J connectivity index is 2.36. The van der Waals surface area contributed by atoms with Gasteiger partial charge in [0.2, 0.25) is 5.28 Å². The molecule has 17 heavy (non-hydrogen) atoms. The van der Waals surface area contributed by atoms with Gasteiger partial charge in [0.05, 0.1) is 6.61 Å². The number of aromatic nitrogens is 2. The molecule has 1 saturated heterocycles. The van der Waals surface area contributed by atoms with Gasteiger partial charge in [-0.25, -0.2) is 13.4 Å². The van der Waals surface area contributed by atoms with Crippen LogP contribution in [0.3, 0.4) is 0 Å². The molecule has 1 atom stereocenters. The Labute approximate surface area is 105 Å². The molecule has 8 heteroatoms. The zero-order valence-corrected chi connectivity index (χ0v) is 10.9. The number of aryl methyl sites for hydroxylation is 1. The molecule has 1 aliphatic heterocycles. The van der Waals surface area contributed by atoms with Gasteiger partial charge in [-0.05, 0) is 24.4 Å². The van der Waals surface area contributed by atoms with E-state index in [0.29, 0.717) is 13.0 Å². The summed E-state index contributed by atoms with van der Waals surface area (Å²) in [5.41, 5.74) is 0. The van der Waals surface area contributed by atoms with Crippen LogP contribution >= 0.6 is 11.6 Å². The van der Waals surface area contributed by atoms with E-state index in [0.717, 1.165) is 6.42 Å². The van der Waals surface area contributed by atoms with Crippen molar-refractivity contribution in [3.63, 3.8) is 0 Å². The number of rotatable bonds is 3. The molecule has 2 heterocycles. The summed E-state index contributed by atoms with van der Waals surface area (Å²) in [6, 6.07) is -0.346. The lowest BCUT2D eigenvalue weighted by molar-refractivity contribution is 0.213. The first-order valence-corrected chi connectivity index (χ1v) is 7.10. The standard InChI is InChI=1S/C9H14ClN3O3S/c1-12-5-8(11-9(12)10)17(15,16)13-4-2-3-7(13)6-14/h5,7,14H,2-4,6H2,1H3/t7-/m1/s1. The van der Waals surface area contributed by atoms with Crippen LogP contribution in [0.25, 0.3) is 0 Å². The second-order valence-electron chi connectivity index (χ2n) is 4.05. The number of nitrogens with zero attached hydrogens (tertiary/aromatic N) is 3. The summed E-state index contributed by atoms with van der Waals surface area (Å²) in [7, 11) is -2.02. The molecule has 0 aliphatic carbocycles. The Hall–Kier alpha value is -0.630. The minimum absolute atomic E-state index is 0.0645. The van der Waals surface area contributed by atoms with E-state index in [-0.39, 0.29) is 23.0 Å². The Bertz CT molecular complexity index is 494. The van der Waals surface area contributed by atoms with Gasteiger partial charge in [-0.2, -0.15) is 4.31 Å². The Morgan fingerprint density at radius 1 is 1.65 bits per heavy atom. The highest BCUT2D eigenvalue weighted by Gasteiger charge is 2.36. The number of hydrogen-bond acceptors (Lipinski definition) is 4. The van der Waals surface area contributed by atoms with Gasteiger partial charge in [-0.3, -0.25) is 0 Å². The molecule has 1 aliphatic rings. The summed E-state index contributed by atoms with van der Waals surface area (Å²) in [6.45, 7) is 0.252. The second-order valence-corrected chi connectivity index (χ2v) is 6.23. The normalized spacial score (nSPS) is 22.2. The van der Waals surface area contributed by atoms with Crippen molar-refractivity contribution in [2.75, 3.05) is 13.2 Å². The molecule has 0 radical (unpaired) electrons. The van der Waals surface area contributed by atoms with Crippen LogP contribution in [0.15, 0.2) is 11.2 Å². The van der Waals surface area contributed by atoms with Crippen LogP contribution in [0.1, 0.15) is 12.8 Å². The molecule has 96 valence electrons. The van der Waals surface area contributed by atoms with Crippen molar-refractivity contribution >= 4 is 21.6 Å². The molecule has 1 N–H and O–H groups in total. The van der Waals surface area contributed by atoms with Crippen LogP contribution in [0.4, 0.5) is 0 Å². The van der Waals surface area contributed by atoms with Crippen LogP contribution in [0.2, 0.25) is 5.28 Å². The predicted octanol–water partition coefficient (Wildman–Crippen LogP) is 0.219. The third kappa shape index (κ3) is 2.20. The van der Waals surface area contributed by atoms with E-state index in [1.165, 1.54) is 15.1 Å². The van der Waals surface area contributed by atoms with Crippen molar-refractivity contribution in [1.29, 1.82) is 0 Å². The van der Waals surface area contributed by atoms with Crippen LogP contribution < -0.4 is 0 Å².